The predicted octanol–water partition coefficient (Wildman–Crippen LogP) is 1.13. The standard InChI is InChI=1S/C14H25N5O2S/c1-3-22(20,21)16-8-7-15-13-11-14(18-12(2)17-13)19-9-5-4-6-10-19/h11,16H,3-10H2,1-2H3,(H,15,17,18). The lowest BCUT2D eigenvalue weighted by Crippen LogP contribution is -2.31. The minimum Gasteiger partial charge on any atom is -0.369 e. The first kappa shape index (κ1) is 17.0. The molecular formula is C14H25N5O2S. The highest BCUT2D eigenvalue weighted by atomic mass is 32.2. The molecule has 2 N–H and O–H groups in total. The van der Waals surface area contributed by atoms with Crippen LogP contribution in [0.4, 0.5) is 11.6 Å². The molecule has 0 amide bonds. The first-order valence-electron chi connectivity index (χ1n) is 7.82. The second-order valence-corrected chi connectivity index (χ2v) is 7.53. The monoisotopic (exact) mass is 327 g/mol. The number of aryl methyl sites for hydroxylation is 1. The van der Waals surface area contributed by atoms with E-state index in [2.05, 4.69) is 24.9 Å². The Bertz CT molecular complexity index is 585. The average molecular weight is 327 g/mol. The highest BCUT2D eigenvalue weighted by Gasteiger charge is 2.13. The van der Waals surface area contributed by atoms with Crippen LogP contribution in [-0.4, -0.2) is 50.3 Å². The van der Waals surface area contributed by atoms with E-state index in [1.54, 1.807) is 6.92 Å². The lowest BCUT2D eigenvalue weighted by atomic mass is 10.1. The van der Waals surface area contributed by atoms with Gasteiger partial charge in [0.15, 0.2) is 0 Å². The predicted molar refractivity (Wildman–Crippen MR) is 88.8 cm³/mol. The van der Waals surface area contributed by atoms with Crippen LogP contribution in [0.25, 0.3) is 0 Å². The van der Waals surface area contributed by atoms with E-state index in [-0.39, 0.29) is 5.75 Å². The fourth-order valence-corrected chi connectivity index (χ4v) is 3.04. The lowest BCUT2D eigenvalue weighted by Gasteiger charge is -2.28. The number of piperidine rings is 1. The van der Waals surface area contributed by atoms with E-state index in [1.807, 2.05) is 13.0 Å². The molecule has 0 aliphatic carbocycles. The summed E-state index contributed by atoms with van der Waals surface area (Å²) in [5.74, 6) is 2.51. The van der Waals surface area contributed by atoms with Crippen molar-refractivity contribution >= 4 is 21.7 Å². The topological polar surface area (TPSA) is 87.2 Å². The summed E-state index contributed by atoms with van der Waals surface area (Å²) in [5, 5.41) is 3.16. The minimum atomic E-state index is -3.14. The molecule has 124 valence electrons. The van der Waals surface area contributed by atoms with Gasteiger partial charge in [0.25, 0.3) is 0 Å². The average Bonchev–Trinajstić information content (AvgIpc) is 2.52. The van der Waals surface area contributed by atoms with Crippen LogP contribution in [-0.2, 0) is 10.0 Å². The van der Waals surface area contributed by atoms with Gasteiger partial charge in [-0.3, -0.25) is 0 Å². The summed E-state index contributed by atoms with van der Waals surface area (Å²) in [5.41, 5.74) is 0. The van der Waals surface area contributed by atoms with Crippen LogP contribution >= 0.6 is 0 Å². The van der Waals surface area contributed by atoms with Gasteiger partial charge in [0, 0.05) is 32.2 Å². The van der Waals surface area contributed by atoms with Crippen molar-refractivity contribution in [3.05, 3.63) is 11.9 Å². The molecule has 2 rings (SSSR count). The van der Waals surface area contributed by atoms with E-state index in [1.165, 1.54) is 19.3 Å². The highest BCUT2D eigenvalue weighted by molar-refractivity contribution is 7.89. The van der Waals surface area contributed by atoms with Gasteiger partial charge < -0.3 is 10.2 Å². The molecule has 2 heterocycles. The van der Waals surface area contributed by atoms with E-state index in [0.29, 0.717) is 13.1 Å². The zero-order chi connectivity index (χ0) is 16.0. The summed E-state index contributed by atoms with van der Waals surface area (Å²) in [4.78, 5) is 11.1. The Morgan fingerprint density at radius 2 is 1.91 bits per heavy atom. The lowest BCUT2D eigenvalue weighted by molar-refractivity contribution is 0.572. The molecule has 1 aromatic heterocycles. The van der Waals surface area contributed by atoms with Gasteiger partial charge >= 0.3 is 0 Å². The third-order valence-electron chi connectivity index (χ3n) is 3.64. The number of hydrogen-bond donors (Lipinski definition) is 2. The van der Waals surface area contributed by atoms with E-state index in [4.69, 9.17) is 0 Å². The summed E-state index contributed by atoms with van der Waals surface area (Å²) in [6.07, 6.45) is 3.68. The van der Waals surface area contributed by atoms with Crippen molar-refractivity contribution in [3.63, 3.8) is 0 Å². The molecule has 0 bridgehead atoms. The largest absolute Gasteiger partial charge is 0.369 e. The fourth-order valence-electron chi connectivity index (χ4n) is 2.43. The molecule has 1 aromatic rings. The van der Waals surface area contributed by atoms with Crippen LogP contribution in [0.1, 0.15) is 32.0 Å². The smallest absolute Gasteiger partial charge is 0.211 e. The second-order valence-electron chi connectivity index (χ2n) is 5.43. The van der Waals surface area contributed by atoms with Crippen molar-refractivity contribution in [2.75, 3.05) is 42.1 Å². The Balaban J connectivity index is 1.92. The molecule has 22 heavy (non-hydrogen) atoms. The van der Waals surface area contributed by atoms with Gasteiger partial charge in [-0.05, 0) is 33.1 Å². The molecule has 1 aliphatic rings. The summed E-state index contributed by atoms with van der Waals surface area (Å²) in [6.45, 7) is 6.40. The Morgan fingerprint density at radius 3 is 2.59 bits per heavy atom. The van der Waals surface area contributed by atoms with Crippen molar-refractivity contribution in [2.24, 2.45) is 0 Å². The summed E-state index contributed by atoms with van der Waals surface area (Å²) in [7, 11) is -3.14. The van der Waals surface area contributed by atoms with Crippen LogP contribution in [0.5, 0.6) is 0 Å². The fraction of sp³-hybridized carbons (Fsp3) is 0.714. The minimum absolute atomic E-state index is 0.0960. The first-order valence-corrected chi connectivity index (χ1v) is 9.47. The Kier molecular flexibility index (Phi) is 5.96. The van der Waals surface area contributed by atoms with Crippen LogP contribution < -0.4 is 14.9 Å². The van der Waals surface area contributed by atoms with E-state index < -0.39 is 10.0 Å². The SMILES string of the molecule is CCS(=O)(=O)NCCNc1cc(N2CCCCC2)nc(C)n1. The zero-order valence-electron chi connectivity index (χ0n) is 13.3. The van der Waals surface area contributed by atoms with E-state index >= 15 is 0 Å². The molecule has 0 spiro atoms. The van der Waals surface area contributed by atoms with E-state index in [9.17, 15) is 8.42 Å². The summed E-state index contributed by atoms with van der Waals surface area (Å²) in [6, 6.07) is 1.94. The summed E-state index contributed by atoms with van der Waals surface area (Å²) >= 11 is 0. The normalized spacial score (nSPS) is 15.8. The van der Waals surface area contributed by atoms with Gasteiger partial charge in [0.2, 0.25) is 10.0 Å². The van der Waals surface area contributed by atoms with Crippen LogP contribution in [0, 0.1) is 6.92 Å². The number of rotatable bonds is 7. The van der Waals surface area contributed by atoms with Crippen LogP contribution in [0.3, 0.4) is 0 Å². The maximum Gasteiger partial charge on any atom is 0.211 e. The van der Waals surface area contributed by atoms with Gasteiger partial charge in [-0.25, -0.2) is 23.1 Å². The van der Waals surface area contributed by atoms with Gasteiger partial charge in [0.1, 0.15) is 17.5 Å². The third-order valence-corrected chi connectivity index (χ3v) is 5.04. The maximum absolute atomic E-state index is 11.4. The highest BCUT2D eigenvalue weighted by Crippen LogP contribution is 2.20. The van der Waals surface area contributed by atoms with Crippen molar-refractivity contribution in [3.8, 4) is 0 Å². The number of anilines is 2. The quantitative estimate of drug-likeness (QED) is 0.730. The van der Waals surface area contributed by atoms with Gasteiger partial charge in [-0.2, -0.15) is 0 Å². The van der Waals surface area contributed by atoms with Crippen LogP contribution in [0.15, 0.2) is 6.07 Å². The molecular weight excluding hydrogens is 302 g/mol. The van der Waals surface area contributed by atoms with Crippen molar-refractivity contribution in [2.45, 2.75) is 33.1 Å². The molecule has 0 aromatic carbocycles. The molecule has 1 saturated heterocycles. The van der Waals surface area contributed by atoms with Gasteiger partial charge in [0.05, 0.1) is 5.75 Å². The van der Waals surface area contributed by atoms with Crippen molar-refractivity contribution in [1.82, 2.24) is 14.7 Å². The number of nitrogens with zero attached hydrogens (tertiary/aromatic N) is 3. The molecule has 0 radical (unpaired) electrons. The molecule has 0 atom stereocenters. The molecule has 8 heteroatoms. The molecule has 7 nitrogen and oxygen atoms in total. The second kappa shape index (κ2) is 7.73. The Labute approximate surface area is 132 Å². The number of sulfonamides is 1. The van der Waals surface area contributed by atoms with E-state index in [0.717, 1.165) is 30.5 Å². The van der Waals surface area contributed by atoms with Crippen LogP contribution in [0.2, 0.25) is 0 Å². The third kappa shape index (κ3) is 5.10. The van der Waals surface area contributed by atoms with Gasteiger partial charge in [-0.15, -0.1) is 0 Å². The number of nitrogens with one attached hydrogen (secondary N) is 2. The molecule has 1 aliphatic heterocycles. The first-order chi connectivity index (χ1) is 10.5. The maximum atomic E-state index is 11.4. The van der Waals surface area contributed by atoms with Crippen molar-refractivity contribution < 1.29 is 8.42 Å². The molecule has 0 unspecified atom stereocenters. The van der Waals surface area contributed by atoms with Gasteiger partial charge in [-0.1, -0.05) is 0 Å². The zero-order valence-corrected chi connectivity index (χ0v) is 14.1. The number of hydrogen-bond acceptors (Lipinski definition) is 6. The Morgan fingerprint density at radius 1 is 1.18 bits per heavy atom. The number of aromatic nitrogens is 2. The molecule has 1 fully saturated rings. The Hall–Kier alpha value is -1.41. The molecule has 0 saturated carbocycles. The van der Waals surface area contributed by atoms with Crippen molar-refractivity contribution in [1.29, 1.82) is 0 Å². The summed E-state index contributed by atoms with van der Waals surface area (Å²) < 4.78 is 25.2.